The first-order chi connectivity index (χ1) is 8.20. The maximum absolute atomic E-state index is 5.71. The number of fused-ring (bicyclic) bond motifs is 1. The quantitative estimate of drug-likeness (QED) is 0.813. The highest BCUT2D eigenvalue weighted by molar-refractivity contribution is 5.84. The molecule has 4 heteroatoms. The monoisotopic (exact) mass is 232 g/mol. The lowest BCUT2D eigenvalue weighted by Crippen LogP contribution is -2.06. The molecule has 2 rings (SSSR count). The lowest BCUT2D eigenvalue weighted by molar-refractivity contribution is 0.245. The molecular weight excluding hydrogens is 216 g/mol. The van der Waals surface area contributed by atoms with Crippen molar-refractivity contribution in [3.8, 4) is 11.8 Å². The van der Waals surface area contributed by atoms with E-state index in [2.05, 4.69) is 9.97 Å². The van der Waals surface area contributed by atoms with Gasteiger partial charge in [-0.2, -0.15) is 4.98 Å². The van der Waals surface area contributed by atoms with Gasteiger partial charge in [0.1, 0.15) is 5.75 Å². The van der Waals surface area contributed by atoms with E-state index in [0.717, 1.165) is 16.7 Å². The molecule has 0 saturated heterocycles. The summed E-state index contributed by atoms with van der Waals surface area (Å²) >= 11 is 0. The molecule has 0 aliphatic heterocycles. The molecule has 2 aromatic rings. The minimum absolute atomic E-state index is 0.132. The smallest absolute Gasteiger partial charge is 0.316 e. The van der Waals surface area contributed by atoms with Crippen molar-refractivity contribution in [3.05, 3.63) is 24.4 Å². The molecule has 0 spiro atoms. The van der Waals surface area contributed by atoms with Gasteiger partial charge in [-0.05, 0) is 32.9 Å². The highest BCUT2D eigenvalue weighted by atomic mass is 16.5. The van der Waals surface area contributed by atoms with E-state index >= 15 is 0 Å². The Kier molecular flexibility index (Phi) is 3.42. The van der Waals surface area contributed by atoms with Crippen molar-refractivity contribution in [2.75, 3.05) is 6.61 Å². The zero-order chi connectivity index (χ0) is 12.3. The van der Waals surface area contributed by atoms with Crippen LogP contribution in [0.25, 0.3) is 10.9 Å². The molecule has 0 aliphatic rings. The molecule has 0 saturated carbocycles. The van der Waals surface area contributed by atoms with Crippen LogP contribution >= 0.6 is 0 Å². The fourth-order valence-corrected chi connectivity index (χ4v) is 1.57. The summed E-state index contributed by atoms with van der Waals surface area (Å²) in [5.74, 6) is 0.806. The van der Waals surface area contributed by atoms with Crippen LogP contribution < -0.4 is 9.47 Å². The first kappa shape index (κ1) is 11.6. The molecule has 0 fully saturated rings. The van der Waals surface area contributed by atoms with Crippen molar-refractivity contribution in [1.82, 2.24) is 9.97 Å². The molecule has 1 aromatic carbocycles. The number of benzene rings is 1. The minimum atomic E-state index is 0.132. The van der Waals surface area contributed by atoms with Crippen molar-refractivity contribution in [2.45, 2.75) is 26.9 Å². The van der Waals surface area contributed by atoms with E-state index in [-0.39, 0.29) is 6.10 Å². The molecule has 0 N–H and O–H groups in total. The first-order valence-corrected chi connectivity index (χ1v) is 5.76. The molecule has 0 aliphatic carbocycles. The average molecular weight is 232 g/mol. The molecule has 4 nitrogen and oxygen atoms in total. The highest BCUT2D eigenvalue weighted by Crippen LogP contribution is 2.25. The Morgan fingerprint density at radius 3 is 2.82 bits per heavy atom. The maximum Gasteiger partial charge on any atom is 0.316 e. The fraction of sp³-hybridized carbons (Fsp3) is 0.385. The van der Waals surface area contributed by atoms with E-state index in [9.17, 15) is 0 Å². The topological polar surface area (TPSA) is 44.2 Å². The molecule has 1 heterocycles. The summed E-state index contributed by atoms with van der Waals surface area (Å²) in [6, 6.07) is 6.17. The Bertz CT molecular complexity index is 512. The van der Waals surface area contributed by atoms with Gasteiger partial charge in [0.25, 0.3) is 0 Å². The van der Waals surface area contributed by atoms with Crippen LogP contribution in [0, 0.1) is 0 Å². The normalized spacial score (nSPS) is 10.8. The second-order valence-corrected chi connectivity index (χ2v) is 3.94. The number of nitrogens with zero attached hydrogens (tertiary/aromatic N) is 2. The van der Waals surface area contributed by atoms with Crippen LogP contribution in [0.2, 0.25) is 0 Å². The van der Waals surface area contributed by atoms with Crippen molar-refractivity contribution < 1.29 is 9.47 Å². The first-order valence-electron chi connectivity index (χ1n) is 5.76. The Labute approximate surface area is 101 Å². The molecule has 0 unspecified atom stereocenters. The third-order valence-electron chi connectivity index (χ3n) is 2.20. The lowest BCUT2D eigenvalue weighted by atomic mass is 10.2. The average Bonchev–Trinajstić information content (AvgIpc) is 2.29. The maximum atomic E-state index is 5.71. The number of hydrogen-bond donors (Lipinski definition) is 0. The molecule has 90 valence electrons. The van der Waals surface area contributed by atoms with E-state index in [0.29, 0.717) is 12.6 Å². The van der Waals surface area contributed by atoms with Crippen LogP contribution in [0.4, 0.5) is 0 Å². The Morgan fingerprint density at radius 1 is 1.29 bits per heavy atom. The largest absolute Gasteiger partial charge is 0.490 e. The minimum Gasteiger partial charge on any atom is -0.490 e. The fourth-order valence-electron chi connectivity index (χ4n) is 1.57. The molecule has 0 radical (unpaired) electrons. The number of hydrogen-bond acceptors (Lipinski definition) is 4. The summed E-state index contributed by atoms with van der Waals surface area (Å²) in [4.78, 5) is 8.47. The van der Waals surface area contributed by atoms with Gasteiger partial charge in [0.2, 0.25) is 0 Å². The second kappa shape index (κ2) is 4.99. The predicted molar refractivity (Wildman–Crippen MR) is 66.5 cm³/mol. The number of rotatable bonds is 4. The summed E-state index contributed by atoms with van der Waals surface area (Å²) in [6.07, 6.45) is 1.87. The van der Waals surface area contributed by atoms with E-state index in [1.807, 2.05) is 39.0 Å². The standard InChI is InChI=1S/C13H16N2O2/c1-4-16-13-14-8-10-11(15-13)6-5-7-12(10)17-9(2)3/h5-9H,4H2,1-3H3. The molecule has 0 amide bonds. The Hall–Kier alpha value is -1.84. The summed E-state index contributed by atoms with van der Waals surface area (Å²) in [7, 11) is 0. The third-order valence-corrected chi connectivity index (χ3v) is 2.20. The second-order valence-electron chi connectivity index (χ2n) is 3.94. The van der Waals surface area contributed by atoms with Crippen LogP contribution in [-0.2, 0) is 0 Å². The molecule has 1 aromatic heterocycles. The van der Waals surface area contributed by atoms with Crippen molar-refractivity contribution in [2.24, 2.45) is 0 Å². The van der Waals surface area contributed by atoms with Gasteiger partial charge in [-0.25, -0.2) is 4.98 Å². The van der Waals surface area contributed by atoms with E-state index < -0.39 is 0 Å². The van der Waals surface area contributed by atoms with Gasteiger partial charge in [-0.15, -0.1) is 0 Å². The zero-order valence-corrected chi connectivity index (χ0v) is 10.3. The van der Waals surface area contributed by atoms with E-state index in [4.69, 9.17) is 9.47 Å². The van der Waals surface area contributed by atoms with Gasteiger partial charge < -0.3 is 9.47 Å². The van der Waals surface area contributed by atoms with Crippen molar-refractivity contribution in [1.29, 1.82) is 0 Å². The summed E-state index contributed by atoms with van der Waals surface area (Å²) in [6.45, 7) is 6.46. The summed E-state index contributed by atoms with van der Waals surface area (Å²) in [5, 5.41) is 0.907. The van der Waals surface area contributed by atoms with Crippen molar-refractivity contribution >= 4 is 10.9 Å². The Balaban J connectivity index is 2.43. The van der Waals surface area contributed by atoms with Crippen LogP contribution in [0.15, 0.2) is 24.4 Å². The SMILES string of the molecule is CCOc1ncc2c(OC(C)C)cccc2n1. The van der Waals surface area contributed by atoms with Crippen molar-refractivity contribution in [3.63, 3.8) is 0 Å². The Morgan fingerprint density at radius 2 is 2.12 bits per heavy atom. The van der Waals surface area contributed by atoms with Gasteiger partial charge in [0, 0.05) is 6.20 Å². The number of aromatic nitrogens is 2. The van der Waals surface area contributed by atoms with Gasteiger partial charge in [-0.1, -0.05) is 6.07 Å². The van der Waals surface area contributed by atoms with Crippen LogP contribution in [0.1, 0.15) is 20.8 Å². The lowest BCUT2D eigenvalue weighted by Gasteiger charge is -2.11. The molecule has 17 heavy (non-hydrogen) atoms. The molecular formula is C13H16N2O2. The van der Waals surface area contributed by atoms with Gasteiger partial charge in [0.05, 0.1) is 23.6 Å². The van der Waals surface area contributed by atoms with E-state index in [1.54, 1.807) is 6.20 Å². The zero-order valence-electron chi connectivity index (χ0n) is 10.3. The van der Waals surface area contributed by atoms with Gasteiger partial charge >= 0.3 is 6.01 Å². The third kappa shape index (κ3) is 2.64. The number of ether oxygens (including phenoxy) is 2. The summed E-state index contributed by atoms with van der Waals surface area (Å²) < 4.78 is 11.0. The summed E-state index contributed by atoms with van der Waals surface area (Å²) in [5.41, 5.74) is 0.835. The van der Waals surface area contributed by atoms with Crippen LogP contribution in [-0.4, -0.2) is 22.7 Å². The molecule has 0 atom stereocenters. The molecule has 0 bridgehead atoms. The van der Waals surface area contributed by atoms with E-state index in [1.165, 1.54) is 0 Å². The van der Waals surface area contributed by atoms with Gasteiger partial charge in [-0.3, -0.25) is 0 Å². The van der Waals surface area contributed by atoms with Gasteiger partial charge in [0.15, 0.2) is 0 Å². The van der Waals surface area contributed by atoms with Crippen LogP contribution in [0.3, 0.4) is 0 Å². The van der Waals surface area contributed by atoms with Crippen LogP contribution in [0.5, 0.6) is 11.8 Å². The predicted octanol–water partition coefficient (Wildman–Crippen LogP) is 2.82. The highest BCUT2D eigenvalue weighted by Gasteiger charge is 2.06.